The van der Waals surface area contributed by atoms with E-state index >= 15 is 0 Å². The van der Waals surface area contributed by atoms with E-state index in [-0.39, 0.29) is 24.2 Å². The van der Waals surface area contributed by atoms with Crippen molar-refractivity contribution in [1.82, 2.24) is 10.2 Å². The lowest BCUT2D eigenvalue weighted by Crippen LogP contribution is -2.49. The average molecular weight is 366 g/mol. The second-order valence-electron chi connectivity index (χ2n) is 6.40. The van der Waals surface area contributed by atoms with Gasteiger partial charge in [-0.3, -0.25) is 0 Å². The summed E-state index contributed by atoms with van der Waals surface area (Å²) >= 11 is 0. The molecule has 0 aliphatic carbocycles. The zero-order chi connectivity index (χ0) is 18.4. The maximum Gasteiger partial charge on any atom is 0.318 e. The molecule has 138 valence electrons. The second kappa shape index (κ2) is 8.49. The van der Waals surface area contributed by atoms with E-state index < -0.39 is 9.84 Å². The van der Waals surface area contributed by atoms with Crippen molar-refractivity contribution in [2.24, 2.45) is 0 Å². The lowest BCUT2D eigenvalue weighted by Gasteiger charge is -2.39. The molecule has 0 radical (unpaired) electrons. The van der Waals surface area contributed by atoms with Gasteiger partial charge in [-0.25, -0.2) is 13.2 Å². The minimum Gasteiger partial charge on any atom is -0.381 e. The first-order valence-electron chi connectivity index (χ1n) is 8.33. The van der Waals surface area contributed by atoms with Gasteiger partial charge in [0.05, 0.1) is 12.1 Å². The predicted octanol–water partition coefficient (Wildman–Crippen LogP) is 2.49. The maximum atomic E-state index is 12.7. The lowest BCUT2D eigenvalue weighted by atomic mass is 9.93. The van der Waals surface area contributed by atoms with Gasteiger partial charge < -0.3 is 15.0 Å². The number of methoxy groups -OCH3 is 1. The molecular weight excluding hydrogens is 340 g/mol. The van der Waals surface area contributed by atoms with E-state index in [4.69, 9.17) is 4.74 Å². The van der Waals surface area contributed by atoms with E-state index in [9.17, 15) is 13.2 Å². The average Bonchev–Trinajstić information content (AvgIpc) is 2.59. The topological polar surface area (TPSA) is 75.7 Å². The van der Waals surface area contributed by atoms with E-state index in [1.54, 1.807) is 18.9 Å². The summed E-state index contributed by atoms with van der Waals surface area (Å²) in [6, 6.07) is 9.24. The van der Waals surface area contributed by atoms with E-state index in [1.165, 1.54) is 6.08 Å². The Morgan fingerprint density at radius 2 is 2.04 bits per heavy atom. The van der Waals surface area contributed by atoms with Gasteiger partial charge in [0.1, 0.15) is 0 Å². The van der Waals surface area contributed by atoms with Crippen molar-refractivity contribution in [2.45, 2.75) is 38.0 Å². The van der Waals surface area contributed by atoms with E-state index in [0.717, 1.165) is 30.1 Å². The summed E-state index contributed by atoms with van der Waals surface area (Å²) < 4.78 is 27.9. The van der Waals surface area contributed by atoms with E-state index in [0.29, 0.717) is 6.54 Å². The van der Waals surface area contributed by atoms with Crippen molar-refractivity contribution in [3.05, 3.63) is 47.4 Å². The van der Waals surface area contributed by atoms with Crippen molar-refractivity contribution < 1.29 is 17.9 Å². The number of sulfone groups is 1. The molecule has 1 aromatic rings. The Labute approximate surface area is 149 Å². The summed E-state index contributed by atoms with van der Waals surface area (Å²) in [6.07, 6.45) is 4.24. The number of piperidine rings is 1. The number of carbonyl (C=O) groups is 1. The van der Waals surface area contributed by atoms with E-state index in [1.807, 2.05) is 30.3 Å². The minimum atomic E-state index is -3.21. The Balaban J connectivity index is 2.11. The molecule has 0 bridgehead atoms. The van der Waals surface area contributed by atoms with Gasteiger partial charge in [0.15, 0.2) is 9.84 Å². The number of hydrogen-bond donors (Lipinski definition) is 1. The molecule has 25 heavy (non-hydrogen) atoms. The fraction of sp³-hybridized carbons (Fsp3) is 0.500. The monoisotopic (exact) mass is 366 g/mol. The van der Waals surface area contributed by atoms with Gasteiger partial charge in [0, 0.05) is 31.4 Å². The van der Waals surface area contributed by atoms with Crippen LogP contribution in [0.25, 0.3) is 0 Å². The minimum absolute atomic E-state index is 0.0639. The molecule has 6 nitrogen and oxygen atoms in total. The summed E-state index contributed by atoms with van der Waals surface area (Å²) in [5.41, 5.74) is 1.07. The van der Waals surface area contributed by atoms with Crippen molar-refractivity contribution in [3.63, 3.8) is 0 Å². The van der Waals surface area contributed by atoms with Crippen LogP contribution in [-0.2, 0) is 14.6 Å². The number of carbonyl (C=O) groups excluding carboxylic acids is 1. The third kappa shape index (κ3) is 5.86. The molecule has 2 amide bonds. The Morgan fingerprint density at radius 1 is 1.36 bits per heavy atom. The number of nitrogens with zero attached hydrogens (tertiary/aromatic N) is 1. The molecule has 1 fully saturated rings. The van der Waals surface area contributed by atoms with Gasteiger partial charge in [-0.2, -0.15) is 0 Å². The van der Waals surface area contributed by atoms with Crippen LogP contribution >= 0.6 is 0 Å². The first-order chi connectivity index (χ1) is 11.8. The van der Waals surface area contributed by atoms with Gasteiger partial charge >= 0.3 is 6.03 Å². The second-order valence-corrected chi connectivity index (χ2v) is 8.33. The smallest absolute Gasteiger partial charge is 0.318 e. The molecule has 1 aliphatic rings. The Morgan fingerprint density at radius 3 is 2.64 bits per heavy atom. The summed E-state index contributed by atoms with van der Waals surface area (Å²) in [5, 5.41) is 3.96. The molecule has 1 N–H and O–H groups in total. The maximum absolute atomic E-state index is 12.7. The lowest BCUT2D eigenvalue weighted by molar-refractivity contribution is 0.0242. The van der Waals surface area contributed by atoms with Crippen molar-refractivity contribution in [1.29, 1.82) is 0 Å². The largest absolute Gasteiger partial charge is 0.381 e. The summed E-state index contributed by atoms with van der Waals surface area (Å²) in [6.45, 7) is 2.34. The number of likely N-dealkylation sites (tertiary alicyclic amines) is 1. The highest BCUT2D eigenvalue weighted by molar-refractivity contribution is 7.93. The molecule has 1 saturated heterocycles. The summed E-state index contributed by atoms with van der Waals surface area (Å²) in [4.78, 5) is 14.5. The molecule has 1 heterocycles. The molecule has 0 saturated carbocycles. The summed E-state index contributed by atoms with van der Waals surface area (Å²) in [7, 11) is -1.51. The SMILES string of the molecule is CO[C@@H]1CCN(C(=O)NC(C)/C=C/S(C)(=O)=O)[C@H](c2ccccc2)C1. The molecular formula is C18H26N2O4S. The predicted molar refractivity (Wildman–Crippen MR) is 97.9 cm³/mol. The Kier molecular flexibility index (Phi) is 6.61. The normalized spacial score (nSPS) is 22.8. The number of urea groups is 1. The van der Waals surface area contributed by atoms with Crippen molar-refractivity contribution >= 4 is 15.9 Å². The van der Waals surface area contributed by atoms with Crippen LogP contribution in [-0.4, -0.2) is 51.4 Å². The fourth-order valence-corrected chi connectivity index (χ4v) is 3.49. The molecule has 0 spiro atoms. The highest BCUT2D eigenvalue weighted by atomic mass is 32.2. The highest BCUT2D eigenvalue weighted by Crippen LogP contribution is 2.32. The number of nitrogens with one attached hydrogen (secondary N) is 1. The van der Waals surface area contributed by atoms with Gasteiger partial charge in [0.2, 0.25) is 0 Å². The molecule has 2 rings (SSSR count). The highest BCUT2D eigenvalue weighted by Gasteiger charge is 2.32. The van der Waals surface area contributed by atoms with Crippen molar-refractivity contribution in [2.75, 3.05) is 19.9 Å². The Bertz CT molecular complexity index is 703. The van der Waals surface area contributed by atoms with E-state index in [2.05, 4.69) is 5.32 Å². The van der Waals surface area contributed by atoms with Gasteiger partial charge in [-0.1, -0.05) is 36.4 Å². The number of amides is 2. The quantitative estimate of drug-likeness (QED) is 0.869. The zero-order valence-electron chi connectivity index (χ0n) is 14.9. The first kappa shape index (κ1) is 19.5. The molecule has 3 atom stereocenters. The van der Waals surface area contributed by atoms with Crippen LogP contribution in [0.4, 0.5) is 4.79 Å². The zero-order valence-corrected chi connectivity index (χ0v) is 15.7. The van der Waals surface area contributed by atoms with Crippen LogP contribution in [0.15, 0.2) is 41.8 Å². The van der Waals surface area contributed by atoms with Crippen LogP contribution in [0, 0.1) is 0 Å². The Hall–Kier alpha value is -1.86. The number of hydrogen-bond acceptors (Lipinski definition) is 4. The molecule has 1 unspecified atom stereocenters. The molecule has 1 aliphatic heterocycles. The summed E-state index contributed by atoms with van der Waals surface area (Å²) in [5.74, 6) is 0. The first-order valence-corrected chi connectivity index (χ1v) is 10.3. The van der Waals surface area contributed by atoms with Gasteiger partial charge in [0.25, 0.3) is 0 Å². The van der Waals surface area contributed by atoms with Crippen LogP contribution < -0.4 is 5.32 Å². The van der Waals surface area contributed by atoms with Gasteiger partial charge in [-0.05, 0) is 25.3 Å². The third-order valence-electron chi connectivity index (χ3n) is 4.30. The number of ether oxygens (including phenoxy) is 1. The number of benzene rings is 1. The molecule has 7 heteroatoms. The van der Waals surface area contributed by atoms with Crippen LogP contribution in [0.3, 0.4) is 0 Å². The molecule has 1 aromatic carbocycles. The van der Waals surface area contributed by atoms with Crippen LogP contribution in [0.5, 0.6) is 0 Å². The van der Waals surface area contributed by atoms with Crippen LogP contribution in [0.2, 0.25) is 0 Å². The standard InChI is InChI=1S/C18H26N2O4S/c1-14(10-12-25(3,22)23)19-18(21)20-11-9-16(24-2)13-17(20)15-7-5-4-6-8-15/h4-8,10,12,14,16-17H,9,11,13H2,1-3H3,(H,19,21)/b12-10+/t14?,16-,17+/m1/s1. The van der Waals surface area contributed by atoms with Gasteiger partial charge in [-0.15, -0.1) is 0 Å². The van der Waals surface area contributed by atoms with Crippen molar-refractivity contribution in [3.8, 4) is 0 Å². The molecule has 0 aromatic heterocycles. The number of rotatable bonds is 5. The third-order valence-corrected chi connectivity index (χ3v) is 4.95. The van der Waals surface area contributed by atoms with Crippen LogP contribution in [0.1, 0.15) is 31.4 Å². The fourth-order valence-electron chi connectivity index (χ4n) is 2.97.